The van der Waals surface area contributed by atoms with E-state index in [1.807, 2.05) is 44.9 Å². The van der Waals surface area contributed by atoms with Gasteiger partial charge in [0.2, 0.25) is 29.7 Å². The first kappa shape index (κ1) is 84.7. The summed E-state index contributed by atoms with van der Waals surface area (Å²) >= 11 is 0. The molecule has 48 unspecified atom stereocenters. The molecule has 122 heavy (non-hydrogen) atoms. The summed E-state index contributed by atoms with van der Waals surface area (Å²) < 4.78 is 16.9. The second kappa shape index (κ2) is 32.2. The maximum absolute atomic E-state index is 12.3. The molecule has 24 fully saturated rings. The lowest BCUT2D eigenvalue weighted by atomic mass is 9.65. The number of methoxy groups -OCH3 is 1. The highest BCUT2D eigenvalue weighted by atomic mass is 16.6. The van der Waals surface area contributed by atoms with Crippen LogP contribution in [0.4, 0.5) is 0 Å². The lowest BCUT2D eigenvalue weighted by Gasteiger charge is -2.43. The molecule has 0 aromatic rings. The molecule has 4 N–H and O–H groups in total. The molecule has 4 amide bonds. The molecule has 24 rings (SSSR count). The molecule has 48 atom stereocenters. The van der Waals surface area contributed by atoms with Gasteiger partial charge in [0, 0.05) is 104 Å². The van der Waals surface area contributed by atoms with Crippen LogP contribution in [0.3, 0.4) is 0 Å². The molecule has 21 heteroatoms. The zero-order valence-electron chi connectivity index (χ0n) is 73.4. The number of Topliss-reactive ketones (excluding diaryl/α,β-unsaturated/α-hetero) is 1. The molecule has 0 aromatic heterocycles. The predicted octanol–water partition coefficient (Wildman–Crippen LogP) is 14.0. The molecule has 24 saturated carbocycles. The van der Waals surface area contributed by atoms with Crippen molar-refractivity contribution < 1.29 is 67.7 Å². The van der Waals surface area contributed by atoms with Gasteiger partial charge in [-0.3, -0.25) is 38.9 Å². The maximum Gasteiger partial charge on any atom is 0.333 e. The second-order valence-corrected chi connectivity index (χ2v) is 45.0. The molecular formula is C101H138N6O15. The Morgan fingerprint density at radius 2 is 0.869 bits per heavy atom. The van der Waals surface area contributed by atoms with E-state index in [0.29, 0.717) is 178 Å². The Kier molecular flexibility index (Phi) is 22.4. The Morgan fingerprint density at radius 3 is 1.39 bits per heavy atom. The molecule has 0 radical (unpaired) electrons. The van der Waals surface area contributed by atoms with E-state index in [4.69, 9.17) is 14.2 Å². The van der Waals surface area contributed by atoms with Crippen molar-refractivity contribution in [2.24, 2.45) is 231 Å². The number of rotatable bonds is 17. The van der Waals surface area contributed by atoms with Crippen molar-refractivity contribution in [1.29, 1.82) is 5.26 Å². The summed E-state index contributed by atoms with van der Waals surface area (Å²) in [7, 11) is 5.73. The van der Waals surface area contributed by atoms with Crippen molar-refractivity contribution in [3.05, 3.63) is 84.5 Å². The molecule has 24 bridgehead atoms. The summed E-state index contributed by atoms with van der Waals surface area (Å²) in [6.07, 6.45) is 32.7. The monoisotopic (exact) mass is 1680 g/mol. The number of carboxylic acid groups (broad SMARTS) is 1. The van der Waals surface area contributed by atoms with E-state index >= 15 is 0 Å². The molecule has 24 aliphatic carbocycles. The average molecular weight is 1680 g/mol. The van der Waals surface area contributed by atoms with Crippen molar-refractivity contribution in [2.45, 2.75) is 243 Å². The Balaban J connectivity index is 0.0000000965. The van der Waals surface area contributed by atoms with Gasteiger partial charge in [-0.25, -0.2) is 9.59 Å². The molecule has 0 saturated heterocycles. The van der Waals surface area contributed by atoms with Crippen molar-refractivity contribution in [1.82, 2.24) is 20.4 Å². The first-order valence-corrected chi connectivity index (χ1v) is 48.3. The number of carboxylic acids is 1. The first-order valence-electron chi connectivity index (χ1n) is 48.3. The largest absolute Gasteiger partial charge is 0.481 e. The number of nitro groups is 1. The van der Waals surface area contributed by atoms with Crippen LogP contribution < -0.4 is 10.6 Å². The van der Waals surface area contributed by atoms with Crippen molar-refractivity contribution in [3.63, 3.8) is 0 Å². The summed E-state index contributed by atoms with van der Waals surface area (Å²) in [6, 6.07) is 3.73. The highest BCUT2D eigenvalue weighted by Crippen LogP contribution is 2.75. The number of carbonyl (C=O) groups excluding carboxylic acids is 7. The van der Waals surface area contributed by atoms with Gasteiger partial charge in [0.05, 0.1) is 24.2 Å². The number of aliphatic hydroxyl groups is 1. The standard InChI is InChI=1S/C20H29NO2.C17H22N2O.C17H23NO3.C16H21NO4.C16H22O3.C15H21NO2/c1-5-17(22)13-6-11-7-14(13)18-12-8-15(19(11)18)16(9-12)21(4)20(23)10(2)3;1-8(2)17(20)19-14-6-10-5-13(14)16-9-3-11(7-18)12(4-9)15(10)16;1-3-14(19)18(2)13-7-9-6-12(13)16-8-4-10(15(9)16)11(5-8)17(20)21;1-7(2)16(18)21-13-6-9-4-11(13)15-8-3-10(14(9)15)12(5-8)17(19)20;1-3-14(17)19-13-7-9-5-11(13)16-8-4-10(15(9)16)12(6-8)18-2;1-2-13(18)16-11-5-7-3-9(11)14-8-4-10(15(7)14)12(17)6-8/h11-16,18-19H,2,5-9H2,1,3-4H3;9-16H,1,3-6H2,2H3,(H,19,20);3,8-13,15-16H,1,4-7H2,2H3,(H,20,21);8-15H,1,3-6H2,2H3;3,8-13,15-16H,1,4-7H2,2H3;2,7-12,14-15,17H,1,3-6H2,(H,16,18). The zero-order chi connectivity index (χ0) is 85.8. The molecule has 0 aliphatic heterocycles. The highest BCUT2D eigenvalue weighted by Gasteiger charge is 2.73. The number of ketones is 1. The number of hydrogen-bond donors (Lipinski definition) is 4. The minimum atomic E-state index is -0.584. The minimum Gasteiger partial charge on any atom is -0.481 e. The van der Waals surface area contributed by atoms with Crippen LogP contribution in [0.25, 0.3) is 0 Å². The van der Waals surface area contributed by atoms with E-state index in [1.54, 1.807) is 13.8 Å². The van der Waals surface area contributed by atoms with Crippen LogP contribution in [0.1, 0.15) is 188 Å². The third-order valence-electron chi connectivity index (χ3n) is 40.9. The van der Waals surface area contributed by atoms with E-state index in [2.05, 4.69) is 56.2 Å². The van der Waals surface area contributed by atoms with Gasteiger partial charge in [0.1, 0.15) is 18.0 Å². The lowest BCUT2D eigenvalue weighted by Crippen LogP contribution is -2.47. The van der Waals surface area contributed by atoms with Gasteiger partial charge in [-0.15, -0.1) is 0 Å². The van der Waals surface area contributed by atoms with Crippen molar-refractivity contribution in [2.75, 3.05) is 21.2 Å². The number of aliphatic carboxylic acids is 1. The number of likely N-dealkylation sites (N-methyl/N-ethyl adjacent to an activating group) is 2. The molecule has 0 heterocycles. The van der Waals surface area contributed by atoms with Gasteiger partial charge in [-0.05, 0) is 388 Å². The van der Waals surface area contributed by atoms with Crippen LogP contribution in [0, 0.1) is 252 Å². The summed E-state index contributed by atoms with van der Waals surface area (Å²) in [5.74, 6) is 24.2. The number of amides is 4. The molecular weight excluding hydrogens is 1540 g/mol. The Hall–Kier alpha value is -6.79. The Morgan fingerprint density at radius 1 is 0.459 bits per heavy atom. The fraction of sp³-hybridized carbons (Fsp3) is 0.792. The number of fused-ring (bicyclic) bond motifs is 54. The molecule has 21 nitrogen and oxygen atoms in total. The molecule has 24 aliphatic rings. The smallest absolute Gasteiger partial charge is 0.333 e. The van der Waals surface area contributed by atoms with E-state index in [9.17, 15) is 63.9 Å². The number of nitrogens with zero attached hydrogens (tertiary/aromatic N) is 4. The molecule has 662 valence electrons. The van der Waals surface area contributed by atoms with E-state index < -0.39 is 5.97 Å². The fourth-order valence-corrected chi connectivity index (χ4v) is 38.1. The predicted molar refractivity (Wildman–Crippen MR) is 455 cm³/mol. The summed E-state index contributed by atoms with van der Waals surface area (Å²) in [5.41, 5.74) is 1.71. The number of carbonyl (C=O) groups is 8. The second-order valence-electron chi connectivity index (χ2n) is 45.0. The van der Waals surface area contributed by atoms with Gasteiger partial charge < -0.3 is 44.9 Å². The molecule has 0 aromatic carbocycles. The average Bonchev–Trinajstić information content (AvgIpc) is 1.54. The van der Waals surface area contributed by atoms with E-state index in [-0.39, 0.29) is 76.7 Å². The lowest BCUT2D eigenvalue weighted by molar-refractivity contribution is -0.534. The van der Waals surface area contributed by atoms with Crippen LogP contribution >= 0.6 is 0 Å². The normalized spacial score (nSPS) is 50.5. The Bertz CT molecular complexity index is 4340. The highest BCUT2D eigenvalue weighted by molar-refractivity contribution is 5.93. The number of nitrogens with one attached hydrogen (secondary N) is 2. The first-order chi connectivity index (χ1) is 58.4. The van der Waals surface area contributed by atoms with Crippen molar-refractivity contribution in [3.8, 4) is 6.07 Å². The quantitative estimate of drug-likeness (QED) is 0.0346. The number of aliphatic hydroxyl groups excluding tert-OH is 1. The number of ether oxygens (including phenoxy) is 3. The fourth-order valence-electron chi connectivity index (χ4n) is 38.1. The van der Waals surface area contributed by atoms with Crippen LogP contribution in [0.2, 0.25) is 0 Å². The summed E-state index contributed by atoms with van der Waals surface area (Å²) in [4.78, 5) is 109. The molecule has 0 spiro atoms. The van der Waals surface area contributed by atoms with Crippen molar-refractivity contribution >= 4 is 47.3 Å². The maximum atomic E-state index is 12.3. The topological polar surface area (TPSA) is 302 Å². The van der Waals surface area contributed by atoms with Gasteiger partial charge in [-0.1, -0.05) is 46.4 Å². The van der Waals surface area contributed by atoms with E-state index in [0.717, 1.165) is 190 Å². The SMILES string of the molecule is C=C(C)C(=O)N(C)C1CC2CC1C1C3CC(C(=O)CC)C(C3)C21.C=C(C)C(=O)NC1CC2CC1C1C3CC(C#N)C(C3)C21.C=C(C)C(=O)OC1CC2CC1C1C3CC(C21)C([N+](=O)[O-])C3.C=CC(=O)N(C)C1CC2CC1C1C3CC(C(=O)O)C(C3)C21.C=CC(=O)NC1CC2CC1C1C3CC(O)C(C3)C21.C=CC(=O)OC1CC2CC1C1C3CC(OC)C(C3)C21. The van der Waals surface area contributed by atoms with Crippen LogP contribution in [-0.4, -0.2) is 148 Å². The van der Waals surface area contributed by atoms with Crippen LogP contribution in [-0.2, 0) is 52.6 Å². The van der Waals surface area contributed by atoms with E-state index in [1.165, 1.54) is 82.4 Å². The number of hydrogen-bond acceptors (Lipinski definition) is 15. The van der Waals surface area contributed by atoms with Gasteiger partial charge in [0.15, 0.2) is 0 Å². The van der Waals surface area contributed by atoms with Gasteiger partial charge in [0.25, 0.3) is 0 Å². The number of nitriles is 1. The van der Waals surface area contributed by atoms with Crippen LogP contribution in [0.5, 0.6) is 0 Å². The number of esters is 2. The van der Waals surface area contributed by atoms with Gasteiger partial charge in [-0.2, -0.15) is 5.26 Å². The third-order valence-corrected chi connectivity index (χ3v) is 40.9. The minimum absolute atomic E-state index is 0.0210. The van der Waals surface area contributed by atoms with Gasteiger partial charge >= 0.3 is 17.9 Å². The zero-order valence-corrected chi connectivity index (χ0v) is 73.4. The third kappa shape index (κ3) is 13.5. The van der Waals surface area contributed by atoms with Crippen LogP contribution in [0.15, 0.2) is 74.4 Å². The summed E-state index contributed by atoms with van der Waals surface area (Å²) in [5, 5.41) is 46.3. The Labute approximate surface area is 722 Å². The summed E-state index contributed by atoms with van der Waals surface area (Å²) in [6.45, 7) is 29.1.